The van der Waals surface area contributed by atoms with Crippen LogP contribution in [0.5, 0.6) is 0 Å². The van der Waals surface area contributed by atoms with Crippen LogP contribution in [0.15, 0.2) is 10.9 Å². The summed E-state index contributed by atoms with van der Waals surface area (Å²) in [6, 6.07) is 1.72. The van der Waals surface area contributed by atoms with Gasteiger partial charge in [-0.05, 0) is 18.8 Å². The molecule has 0 aromatic carbocycles. The number of aromatic amines is 1. The number of nitrogens with zero attached hydrogens (tertiary/aromatic N) is 1. The van der Waals surface area contributed by atoms with Gasteiger partial charge in [0.1, 0.15) is 0 Å². The Morgan fingerprint density at radius 2 is 2.21 bits per heavy atom. The molecule has 14 heavy (non-hydrogen) atoms. The van der Waals surface area contributed by atoms with Gasteiger partial charge in [-0.3, -0.25) is 14.6 Å². The molecule has 0 saturated heterocycles. The monoisotopic (exact) mass is 196 g/mol. The van der Waals surface area contributed by atoms with Crippen molar-refractivity contribution in [1.29, 1.82) is 0 Å². The second-order valence-corrected chi connectivity index (χ2v) is 4.22. The van der Waals surface area contributed by atoms with Gasteiger partial charge in [0.15, 0.2) is 0 Å². The zero-order valence-corrected chi connectivity index (χ0v) is 9.34. The van der Waals surface area contributed by atoms with Crippen LogP contribution in [0.3, 0.4) is 0 Å². The standard InChI is InChI=1S/C11H20N2O/c1-4-5-6-10-7-11(14)12-13(10)8-9(2)3/h7,9H,4-6,8H2,1-3H3,(H,12,14). The highest BCUT2D eigenvalue weighted by molar-refractivity contribution is 5.01. The molecule has 0 spiro atoms. The normalized spacial score (nSPS) is 11.1. The molecule has 1 aromatic rings. The number of nitrogens with one attached hydrogen (secondary N) is 1. The molecule has 0 unspecified atom stereocenters. The van der Waals surface area contributed by atoms with Crippen molar-refractivity contribution in [3.05, 3.63) is 22.1 Å². The van der Waals surface area contributed by atoms with Crippen LogP contribution in [-0.4, -0.2) is 9.78 Å². The highest BCUT2D eigenvalue weighted by Crippen LogP contribution is 2.05. The van der Waals surface area contributed by atoms with Gasteiger partial charge in [-0.15, -0.1) is 0 Å². The van der Waals surface area contributed by atoms with E-state index >= 15 is 0 Å². The molecule has 0 fully saturated rings. The molecule has 0 atom stereocenters. The highest BCUT2D eigenvalue weighted by atomic mass is 16.1. The third-order valence-corrected chi connectivity index (χ3v) is 2.22. The molecule has 1 aromatic heterocycles. The van der Waals surface area contributed by atoms with Crippen molar-refractivity contribution in [2.75, 3.05) is 0 Å². The number of rotatable bonds is 5. The van der Waals surface area contributed by atoms with Crippen molar-refractivity contribution in [1.82, 2.24) is 9.78 Å². The fraction of sp³-hybridized carbons (Fsp3) is 0.727. The Morgan fingerprint density at radius 1 is 1.50 bits per heavy atom. The fourth-order valence-corrected chi connectivity index (χ4v) is 1.56. The topological polar surface area (TPSA) is 37.8 Å². The lowest BCUT2D eigenvalue weighted by molar-refractivity contribution is 0.464. The second kappa shape index (κ2) is 5.03. The molecule has 0 aliphatic rings. The van der Waals surface area contributed by atoms with Gasteiger partial charge in [0.2, 0.25) is 0 Å². The number of aromatic nitrogens is 2. The van der Waals surface area contributed by atoms with Crippen LogP contribution in [0.4, 0.5) is 0 Å². The molecule has 80 valence electrons. The molecule has 0 radical (unpaired) electrons. The van der Waals surface area contributed by atoms with E-state index in [2.05, 4.69) is 25.9 Å². The molecule has 0 amide bonds. The zero-order valence-electron chi connectivity index (χ0n) is 9.34. The number of hydrogen-bond donors (Lipinski definition) is 1. The molecule has 0 aliphatic heterocycles. The van der Waals surface area contributed by atoms with E-state index in [9.17, 15) is 4.79 Å². The van der Waals surface area contributed by atoms with Crippen LogP contribution in [0, 0.1) is 5.92 Å². The summed E-state index contributed by atoms with van der Waals surface area (Å²) in [5.74, 6) is 0.568. The summed E-state index contributed by atoms with van der Waals surface area (Å²) in [5, 5.41) is 2.85. The van der Waals surface area contributed by atoms with Gasteiger partial charge in [0.25, 0.3) is 5.56 Å². The molecular formula is C11H20N2O. The summed E-state index contributed by atoms with van der Waals surface area (Å²) in [5.41, 5.74) is 1.17. The summed E-state index contributed by atoms with van der Waals surface area (Å²) < 4.78 is 1.99. The minimum absolute atomic E-state index is 0.0248. The first-order valence-corrected chi connectivity index (χ1v) is 5.42. The number of hydrogen-bond acceptors (Lipinski definition) is 1. The minimum atomic E-state index is 0.0248. The summed E-state index contributed by atoms with van der Waals surface area (Å²) in [7, 11) is 0. The predicted molar refractivity (Wildman–Crippen MR) is 58.5 cm³/mol. The van der Waals surface area contributed by atoms with E-state index in [0.717, 1.165) is 25.1 Å². The maximum atomic E-state index is 11.2. The Kier molecular flexibility index (Phi) is 3.98. The van der Waals surface area contributed by atoms with Crippen LogP contribution < -0.4 is 5.56 Å². The number of unbranched alkanes of at least 4 members (excludes halogenated alkanes) is 1. The lowest BCUT2D eigenvalue weighted by Gasteiger charge is -2.10. The maximum Gasteiger partial charge on any atom is 0.264 e. The first-order valence-electron chi connectivity index (χ1n) is 5.42. The van der Waals surface area contributed by atoms with Crippen LogP contribution >= 0.6 is 0 Å². The highest BCUT2D eigenvalue weighted by Gasteiger charge is 2.05. The van der Waals surface area contributed by atoms with Crippen molar-refractivity contribution in [2.45, 2.75) is 46.6 Å². The Hall–Kier alpha value is -0.990. The van der Waals surface area contributed by atoms with Gasteiger partial charge >= 0.3 is 0 Å². The summed E-state index contributed by atoms with van der Waals surface area (Å²) in [6.45, 7) is 7.38. The van der Waals surface area contributed by atoms with Crippen LogP contribution in [0.1, 0.15) is 39.3 Å². The van der Waals surface area contributed by atoms with Gasteiger partial charge in [-0.2, -0.15) is 0 Å². The maximum absolute atomic E-state index is 11.2. The van der Waals surface area contributed by atoms with Crippen molar-refractivity contribution >= 4 is 0 Å². The third-order valence-electron chi connectivity index (χ3n) is 2.22. The van der Waals surface area contributed by atoms with E-state index in [1.54, 1.807) is 6.07 Å². The summed E-state index contributed by atoms with van der Waals surface area (Å²) in [6.07, 6.45) is 3.32. The number of H-pyrrole nitrogens is 1. The Bertz CT molecular complexity index is 322. The van der Waals surface area contributed by atoms with Crippen LogP contribution in [-0.2, 0) is 13.0 Å². The van der Waals surface area contributed by atoms with Crippen LogP contribution in [0.2, 0.25) is 0 Å². The first kappa shape index (κ1) is 11.1. The molecule has 1 N–H and O–H groups in total. The van der Waals surface area contributed by atoms with Gasteiger partial charge < -0.3 is 0 Å². The number of aryl methyl sites for hydroxylation is 1. The first-order chi connectivity index (χ1) is 6.63. The van der Waals surface area contributed by atoms with Crippen molar-refractivity contribution in [2.24, 2.45) is 5.92 Å². The zero-order chi connectivity index (χ0) is 10.6. The molecule has 0 aliphatic carbocycles. The molecule has 1 heterocycles. The molecule has 0 bridgehead atoms. The van der Waals surface area contributed by atoms with Gasteiger partial charge in [-0.25, -0.2) is 0 Å². The van der Waals surface area contributed by atoms with Crippen LogP contribution in [0.25, 0.3) is 0 Å². The van der Waals surface area contributed by atoms with Crippen molar-refractivity contribution in [3.8, 4) is 0 Å². The third kappa shape index (κ3) is 3.05. The molecule has 0 saturated carbocycles. The van der Waals surface area contributed by atoms with E-state index in [0.29, 0.717) is 5.92 Å². The average Bonchev–Trinajstić information content (AvgIpc) is 2.41. The second-order valence-electron chi connectivity index (χ2n) is 4.22. The van der Waals surface area contributed by atoms with E-state index in [1.165, 1.54) is 6.42 Å². The average molecular weight is 196 g/mol. The molecule has 3 nitrogen and oxygen atoms in total. The largest absolute Gasteiger partial charge is 0.289 e. The predicted octanol–water partition coefficient (Wildman–Crippen LogP) is 2.17. The van der Waals surface area contributed by atoms with Gasteiger partial charge in [0, 0.05) is 18.3 Å². The lowest BCUT2D eigenvalue weighted by Crippen LogP contribution is -2.11. The van der Waals surface area contributed by atoms with Crippen molar-refractivity contribution in [3.63, 3.8) is 0 Å². The van der Waals surface area contributed by atoms with E-state index in [1.807, 2.05) is 4.68 Å². The SMILES string of the molecule is CCCCc1cc(=O)[nH]n1CC(C)C. The molecule has 1 rings (SSSR count). The summed E-state index contributed by atoms with van der Waals surface area (Å²) >= 11 is 0. The quantitative estimate of drug-likeness (QED) is 0.770. The summed E-state index contributed by atoms with van der Waals surface area (Å²) in [4.78, 5) is 11.2. The Labute approximate surface area is 85.1 Å². The Morgan fingerprint density at radius 3 is 2.79 bits per heavy atom. The van der Waals surface area contributed by atoms with Gasteiger partial charge in [-0.1, -0.05) is 27.2 Å². The van der Waals surface area contributed by atoms with E-state index in [-0.39, 0.29) is 5.56 Å². The molecular weight excluding hydrogens is 176 g/mol. The smallest absolute Gasteiger partial charge is 0.264 e. The minimum Gasteiger partial charge on any atom is -0.289 e. The van der Waals surface area contributed by atoms with E-state index < -0.39 is 0 Å². The van der Waals surface area contributed by atoms with Gasteiger partial charge in [0.05, 0.1) is 0 Å². The fourth-order valence-electron chi connectivity index (χ4n) is 1.56. The lowest BCUT2D eigenvalue weighted by atomic mass is 10.2. The molecule has 3 heteroatoms. The van der Waals surface area contributed by atoms with Crippen molar-refractivity contribution < 1.29 is 0 Å². The van der Waals surface area contributed by atoms with E-state index in [4.69, 9.17) is 0 Å². The Balaban J connectivity index is 2.74.